The van der Waals surface area contributed by atoms with Crippen molar-refractivity contribution in [2.75, 3.05) is 25.0 Å². The van der Waals surface area contributed by atoms with Crippen LogP contribution in [0.25, 0.3) is 0 Å². The molecule has 1 atom stereocenters. The fraction of sp³-hybridized carbons (Fsp3) is 0.643. The number of nitrogens with zero attached hydrogens (tertiary/aromatic N) is 2. The lowest BCUT2D eigenvalue weighted by Gasteiger charge is -2.43. The van der Waals surface area contributed by atoms with Crippen LogP contribution in [-0.2, 0) is 11.3 Å². The van der Waals surface area contributed by atoms with E-state index in [2.05, 4.69) is 42.0 Å². The number of rotatable bonds is 3. The second kappa shape index (κ2) is 5.24. The van der Waals surface area contributed by atoms with E-state index in [1.54, 1.807) is 0 Å². The Morgan fingerprint density at radius 2 is 2.33 bits per heavy atom. The van der Waals surface area contributed by atoms with Crippen LogP contribution >= 0.6 is 0 Å². The van der Waals surface area contributed by atoms with Gasteiger partial charge in [0.2, 0.25) is 0 Å². The van der Waals surface area contributed by atoms with E-state index in [4.69, 9.17) is 4.74 Å². The Hall–Kier alpha value is -1.13. The molecule has 4 heteroatoms. The number of hydrogen-bond acceptors (Lipinski definition) is 4. The van der Waals surface area contributed by atoms with Crippen LogP contribution in [0.1, 0.15) is 26.3 Å². The molecule has 1 unspecified atom stereocenters. The van der Waals surface area contributed by atoms with Gasteiger partial charge in [-0.3, -0.25) is 4.98 Å². The Kier molecular flexibility index (Phi) is 3.88. The third-order valence-electron chi connectivity index (χ3n) is 3.16. The first-order valence-corrected chi connectivity index (χ1v) is 6.52. The number of nitrogens with one attached hydrogen (secondary N) is 1. The van der Waals surface area contributed by atoms with Gasteiger partial charge in [0.05, 0.1) is 11.7 Å². The summed E-state index contributed by atoms with van der Waals surface area (Å²) in [6.45, 7) is 9.12. The summed E-state index contributed by atoms with van der Waals surface area (Å²) in [7, 11) is 1.96. The number of anilines is 1. The van der Waals surface area contributed by atoms with Crippen LogP contribution in [0, 0.1) is 0 Å². The van der Waals surface area contributed by atoms with Crippen molar-refractivity contribution >= 4 is 5.69 Å². The first-order valence-electron chi connectivity index (χ1n) is 6.52. The zero-order valence-corrected chi connectivity index (χ0v) is 11.7. The predicted molar refractivity (Wildman–Crippen MR) is 73.8 cm³/mol. The maximum atomic E-state index is 5.95. The lowest BCUT2D eigenvalue weighted by Crippen LogP contribution is -2.52. The van der Waals surface area contributed by atoms with Crippen molar-refractivity contribution in [3.63, 3.8) is 0 Å². The average molecular weight is 249 g/mol. The van der Waals surface area contributed by atoms with Gasteiger partial charge in [0.1, 0.15) is 0 Å². The number of ether oxygens (including phenoxy) is 1. The van der Waals surface area contributed by atoms with E-state index in [0.29, 0.717) is 0 Å². The van der Waals surface area contributed by atoms with Gasteiger partial charge in [0.25, 0.3) is 0 Å². The van der Waals surface area contributed by atoms with Crippen LogP contribution in [0.2, 0.25) is 0 Å². The molecule has 1 fully saturated rings. The van der Waals surface area contributed by atoms with Gasteiger partial charge in [-0.1, -0.05) is 0 Å². The zero-order valence-electron chi connectivity index (χ0n) is 11.7. The normalized spacial score (nSPS) is 23.1. The van der Waals surface area contributed by atoms with Crippen LogP contribution in [0.15, 0.2) is 18.5 Å². The molecule has 18 heavy (non-hydrogen) atoms. The highest BCUT2D eigenvalue weighted by Crippen LogP contribution is 2.27. The minimum absolute atomic E-state index is 0.0994. The summed E-state index contributed by atoms with van der Waals surface area (Å²) in [5.74, 6) is 0. The summed E-state index contributed by atoms with van der Waals surface area (Å²) in [6.07, 6.45) is 4.06. The summed E-state index contributed by atoms with van der Waals surface area (Å²) in [5, 5.41) is 3.20. The van der Waals surface area contributed by atoms with Crippen molar-refractivity contribution in [3.8, 4) is 0 Å². The number of aromatic nitrogens is 1. The van der Waals surface area contributed by atoms with Gasteiger partial charge >= 0.3 is 0 Å². The Bertz CT molecular complexity index is 406. The molecule has 0 radical (unpaired) electrons. The minimum atomic E-state index is -0.0994. The maximum Gasteiger partial charge on any atom is 0.0805 e. The number of pyridine rings is 1. The lowest BCUT2D eigenvalue weighted by molar-refractivity contribution is -0.0750. The third-order valence-corrected chi connectivity index (χ3v) is 3.16. The fourth-order valence-corrected chi connectivity index (χ4v) is 2.69. The molecular formula is C14H23N3O. The van der Waals surface area contributed by atoms with Crippen LogP contribution in [0.4, 0.5) is 5.69 Å². The Balaban J connectivity index is 2.25. The smallest absolute Gasteiger partial charge is 0.0805 e. The first-order chi connectivity index (χ1) is 8.52. The molecule has 0 bridgehead atoms. The molecule has 0 spiro atoms. The molecule has 4 nitrogen and oxygen atoms in total. The van der Waals surface area contributed by atoms with Gasteiger partial charge in [0, 0.05) is 43.3 Å². The molecular weight excluding hydrogens is 226 g/mol. The number of morpholine rings is 1. The molecule has 2 rings (SSSR count). The summed E-state index contributed by atoms with van der Waals surface area (Å²) < 4.78 is 5.95. The van der Waals surface area contributed by atoms with Crippen molar-refractivity contribution < 1.29 is 4.74 Å². The van der Waals surface area contributed by atoms with Crippen molar-refractivity contribution in [1.29, 1.82) is 0 Å². The van der Waals surface area contributed by atoms with E-state index in [9.17, 15) is 0 Å². The quantitative estimate of drug-likeness (QED) is 0.886. The lowest BCUT2D eigenvalue weighted by atomic mass is 10.0. The maximum absolute atomic E-state index is 5.95. The molecule has 1 saturated heterocycles. The minimum Gasteiger partial charge on any atom is -0.369 e. The predicted octanol–water partition coefficient (Wildman–Crippen LogP) is 1.80. The number of hydrogen-bond donors (Lipinski definition) is 1. The van der Waals surface area contributed by atoms with Gasteiger partial charge < -0.3 is 15.0 Å². The van der Waals surface area contributed by atoms with Gasteiger partial charge in [-0.2, -0.15) is 0 Å². The van der Waals surface area contributed by atoms with Gasteiger partial charge in [-0.05, 0) is 33.9 Å². The van der Waals surface area contributed by atoms with E-state index >= 15 is 0 Å². The zero-order chi connectivity index (χ0) is 13.2. The topological polar surface area (TPSA) is 37.4 Å². The second-order valence-corrected chi connectivity index (χ2v) is 5.60. The third kappa shape index (κ3) is 3.00. The second-order valence-electron chi connectivity index (χ2n) is 5.60. The highest BCUT2D eigenvalue weighted by molar-refractivity contribution is 5.53. The first kappa shape index (κ1) is 13.3. The Morgan fingerprint density at radius 3 is 3.00 bits per heavy atom. The summed E-state index contributed by atoms with van der Waals surface area (Å²) in [6, 6.07) is 2.10. The van der Waals surface area contributed by atoms with E-state index in [1.165, 1.54) is 11.3 Å². The van der Waals surface area contributed by atoms with Gasteiger partial charge in [-0.15, -0.1) is 0 Å². The van der Waals surface area contributed by atoms with Crippen LogP contribution in [0.3, 0.4) is 0 Å². The molecule has 1 aromatic rings. The average Bonchev–Trinajstić information content (AvgIpc) is 2.27. The molecule has 1 aliphatic rings. The molecule has 0 amide bonds. The van der Waals surface area contributed by atoms with Crippen molar-refractivity contribution in [3.05, 3.63) is 24.0 Å². The van der Waals surface area contributed by atoms with Crippen LogP contribution < -0.4 is 10.2 Å². The van der Waals surface area contributed by atoms with E-state index in [-0.39, 0.29) is 11.7 Å². The summed E-state index contributed by atoms with van der Waals surface area (Å²) in [5.41, 5.74) is 2.41. The van der Waals surface area contributed by atoms with Crippen molar-refractivity contribution in [2.24, 2.45) is 0 Å². The largest absolute Gasteiger partial charge is 0.369 e. The summed E-state index contributed by atoms with van der Waals surface area (Å²) in [4.78, 5) is 6.62. The van der Waals surface area contributed by atoms with Gasteiger partial charge in [-0.25, -0.2) is 0 Å². The molecule has 0 aromatic carbocycles. The molecule has 0 aliphatic carbocycles. The molecule has 0 saturated carbocycles. The summed E-state index contributed by atoms with van der Waals surface area (Å²) >= 11 is 0. The van der Waals surface area contributed by atoms with Crippen LogP contribution in [0.5, 0.6) is 0 Å². The monoisotopic (exact) mass is 249 g/mol. The van der Waals surface area contributed by atoms with E-state index < -0.39 is 0 Å². The van der Waals surface area contributed by atoms with E-state index in [0.717, 1.165) is 19.6 Å². The molecule has 1 N–H and O–H groups in total. The standard InChI is InChI=1S/C14H23N3O/c1-11-9-17(10-14(2,3)18-11)13-5-6-16-8-12(13)7-15-4/h5-6,8,11,15H,7,9-10H2,1-4H3. The van der Waals surface area contributed by atoms with Crippen molar-refractivity contribution in [1.82, 2.24) is 10.3 Å². The SMILES string of the molecule is CNCc1cnccc1N1CC(C)OC(C)(C)C1. The highest BCUT2D eigenvalue weighted by atomic mass is 16.5. The van der Waals surface area contributed by atoms with Crippen LogP contribution in [-0.4, -0.2) is 36.8 Å². The van der Waals surface area contributed by atoms with Crippen molar-refractivity contribution in [2.45, 2.75) is 39.0 Å². The Morgan fingerprint density at radius 1 is 1.56 bits per heavy atom. The van der Waals surface area contributed by atoms with E-state index in [1.807, 2.05) is 19.4 Å². The van der Waals surface area contributed by atoms with Gasteiger partial charge in [0.15, 0.2) is 0 Å². The highest BCUT2D eigenvalue weighted by Gasteiger charge is 2.32. The molecule has 1 aliphatic heterocycles. The molecule has 2 heterocycles. The molecule has 1 aromatic heterocycles. The fourth-order valence-electron chi connectivity index (χ4n) is 2.69. The Labute approximate surface area is 109 Å². The molecule has 100 valence electrons.